The Hall–Kier alpha value is -3.19. The Labute approximate surface area is 160 Å². The number of aromatic carboxylic acids is 1. The van der Waals surface area contributed by atoms with E-state index in [-0.39, 0.29) is 17.3 Å². The number of nitrogens with zero attached hydrogens (tertiary/aromatic N) is 3. The van der Waals surface area contributed by atoms with E-state index in [9.17, 15) is 14.7 Å². The number of para-hydroxylation sites is 1. The first-order chi connectivity index (χ1) is 13.1. The molecule has 1 aromatic carbocycles. The van der Waals surface area contributed by atoms with E-state index in [1.807, 2.05) is 29.6 Å². The second-order valence-electron chi connectivity index (χ2n) is 6.18. The Morgan fingerprint density at radius 1 is 1.11 bits per heavy atom. The van der Waals surface area contributed by atoms with Gasteiger partial charge in [0, 0.05) is 24.0 Å². The van der Waals surface area contributed by atoms with Crippen molar-refractivity contribution in [1.82, 2.24) is 14.7 Å². The molecule has 6 nitrogen and oxygen atoms in total. The summed E-state index contributed by atoms with van der Waals surface area (Å²) >= 11 is 1.69. The third kappa shape index (κ3) is 3.41. The van der Waals surface area contributed by atoms with Crippen LogP contribution in [0, 0.1) is 0 Å². The van der Waals surface area contributed by atoms with Gasteiger partial charge in [-0.15, -0.1) is 11.3 Å². The zero-order chi connectivity index (χ0) is 18.8. The van der Waals surface area contributed by atoms with Gasteiger partial charge >= 0.3 is 5.97 Å². The molecule has 1 aliphatic heterocycles. The van der Waals surface area contributed by atoms with Crippen LogP contribution in [0.4, 0.5) is 0 Å². The zero-order valence-electron chi connectivity index (χ0n) is 14.4. The molecular formula is C20H17N3O3S. The zero-order valence-corrected chi connectivity index (χ0v) is 15.2. The molecule has 0 atom stereocenters. The smallest absolute Gasteiger partial charge is 0.356 e. The SMILES string of the molecule is O=C(O)c1cc(C(=O)N2CC=C(c3cccs3)CC2)n(-c2ccccc2)n1. The highest BCUT2D eigenvalue weighted by atomic mass is 32.1. The molecule has 0 saturated carbocycles. The summed E-state index contributed by atoms with van der Waals surface area (Å²) in [6, 6.07) is 14.5. The molecular weight excluding hydrogens is 362 g/mol. The fourth-order valence-electron chi connectivity index (χ4n) is 3.10. The summed E-state index contributed by atoms with van der Waals surface area (Å²) in [6.07, 6.45) is 2.84. The first kappa shape index (κ1) is 17.2. The van der Waals surface area contributed by atoms with E-state index < -0.39 is 5.97 Å². The number of amides is 1. The predicted molar refractivity (Wildman–Crippen MR) is 103 cm³/mol. The molecule has 136 valence electrons. The van der Waals surface area contributed by atoms with Gasteiger partial charge in [-0.2, -0.15) is 5.10 Å². The summed E-state index contributed by atoms with van der Waals surface area (Å²) in [5.74, 6) is -1.38. The van der Waals surface area contributed by atoms with Crippen LogP contribution in [0.5, 0.6) is 0 Å². The van der Waals surface area contributed by atoms with Crippen LogP contribution in [0.15, 0.2) is 60.0 Å². The minimum Gasteiger partial charge on any atom is -0.476 e. The maximum atomic E-state index is 13.1. The van der Waals surface area contributed by atoms with E-state index in [1.54, 1.807) is 28.4 Å². The van der Waals surface area contributed by atoms with Crippen molar-refractivity contribution in [2.45, 2.75) is 6.42 Å². The summed E-state index contributed by atoms with van der Waals surface area (Å²) in [5.41, 5.74) is 2.01. The highest BCUT2D eigenvalue weighted by Gasteiger charge is 2.25. The highest BCUT2D eigenvalue weighted by molar-refractivity contribution is 7.11. The van der Waals surface area contributed by atoms with Gasteiger partial charge in [-0.1, -0.05) is 30.3 Å². The number of hydrogen-bond acceptors (Lipinski definition) is 4. The van der Waals surface area contributed by atoms with Gasteiger partial charge in [0.25, 0.3) is 5.91 Å². The predicted octanol–water partition coefficient (Wildman–Crippen LogP) is 3.56. The van der Waals surface area contributed by atoms with E-state index in [4.69, 9.17) is 0 Å². The quantitative estimate of drug-likeness (QED) is 0.752. The number of rotatable bonds is 4. The Balaban J connectivity index is 1.63. The van der Waals surface area contributed by atoms with Gasteiger partial charge in [0.15, 0.2) is 5.69 Å². The average molecular weight is 379 g/mol. The molecule has 0 bridgehead atoms. The van der Waals surface area contributed by atoms with Crippen molar-refractivity contribution < 1.29 is 14.7 Å². The fourth-order valence-corrected chi connectivity index (χ4v) is 3.90. The van der Waals surface area contributed by atoms with Crippen molar-refractivity contribution in [3.05, 3.63) is 76.3 Å². The van der Waals surface area contributed by atoms with Gasteiger partial charge in [0.1, 0.15) is 5.69 Å². The molecule has 0 radical (unpaired) electrons. The molecule has 0 unspecified atom stereocenters. The summed E-state index contributed by atoms with van der Waals surface area (Å²) in [5, 5.41) is 15.4. The van der Waals surface area contributed by atoms with Crippen molar-refractivity contribution in [3.8, 4) is 5.69 Å². The topological polar surface area (TPSA) is 75.4 Å². The Bertz CT molecular complexity index is 1010. The molecule has 3 heterocycles. The number of carbonyl (C=O) groups is 2. The number of carboxylic acids is 1. The largest absolute Gasteiger partial charge is 0.476 e. The van der Waals surface area contributed by atoms with Gasteiger partial charge in [-0.3, -0.25) is 4.79 Å². The van der Waals surface area contributed by atoms with E-state index >= 15 is 0 Å². The fraction of sp³-hybridized carbons (Fsp3) is 0.150. The molecule has 0 saturated heterocycles. The molecule has 0 fully saturated rings. The van der Waals surface area contributed by atoms with Gasteiger partial charge < -0.3 is 10.0 Å². The summed E-state index contributed by atoms with van der Waals surface area (Å²) in [4.78, 5) is 27.4. The van der Waals surface area contributed by atoms with Crippen LogP contribution < -0.4 is 0 Å². The minimum atomic E-state index is -1.16. The molecule has 1 N–H and O–H groups in total. The van der Waals surface area contributed by atoms with Crippen LogP contribution in [-0.4, -0.2) is 44.8 Å². The lowest BCUT2D eigenvalue weighted by atomic mass is 10.1. The molecule has 4 rings (SSSR count). The maximum absolute atomic E-state index is 13.1. The minimum absolute atomic E-state index is 0.144. The molecule has 3 aromatic rings. The first-order valence-electron chi connectivity index (χ1n) is 8.54. The van der Waals surface area contributed by atoms with Gasteiger partial charge in [0.05, 0.1) is 5.69 Å². The van der Waals surface area contributed by atoms with E-state index in [0.29, 0.717) is 18.8 Å². The number of hydrogen-bond donors (Lipinski definition) is 1. The molecule has 0 spiro atoms. The second-order valence-corrected chi connectivity index (χ2v) is 7.12. The van der Waals surface area contributed by atoms with Crippen LogP contribution >= 0.6 is 11.3 Å². The number of benzene rings is 1. The summed E-state index contributed by atoms with van der Waals surface area (Å²) in [6.45, 7) is 1.08. The Morgan fingerprint density at radius 2 is 1.93 bits per heavy atom. The van der Waals surface area contributed by atoms with Crippen molar-refractivity contribution in [2.24, 2.45) is 0 Å². The molecule has 2 aromatic heterocycles. The monoisotopic (exact) mass is 379 g/mol. The first-order valence-corrected chi connectivity index (χ1v) is 9.42. The standard InChI is InChI=1S/C20H17N3O3S/c24-19(22-10-8-14(9-11-22)18-7-4-12-27-18)17-13-16(20(25)26)21-23(17)15-5-2-1-3-6-15/h1-8,12-13H,9-11H2,(H,25,26). The number of thiophene rings is 1. The summed E-state index contributed by atoms with van der Waals surface area (Å²) < 4.78 is 1.41. The van der Waals surface area contributed by atoms with Crippen LogP contribution in [0.1, 0.15) is 32.3 Å². The number of carboxylic acid groups (broad SMARTS) is 1. The van der Waals surface area contributed by atoms with Crippen molar-refractivity contribution in [2.75, 3.05) is 13.1 Å². The van der Waals surface area contributed by atoms with Crippen LogP contribution in [0.2, 0.25) is 0 Å². The normalized spacial score (nSPS) is 14.1. The van der Waals surface area contributed by atoms with Crippen LogP contribution in [0.3, 0.4) is 0 Å². The third-order valence-electron chi connectivity index (χ3n) is 4.48. The Morgan fingerprint density at radius 3 is 2.56 bits per heavy atom. The second kappa shape index (κ2) is 7.20. The number of carbonyl (C=O) groups excluding carboxylic acids is 1. The average Bonchev–Trinajstić information content (AvgIpc) is 3.38. The van der Waals surface area contributed by atoms with Crippen LogP contribution in [0.25, 0.3) is 11.3 Å². The van der Waals surface area contributed by atoms with Gasteiger partial charge in [0.2, 0.25) is 0 Å². The highest BCUT2D eigenvalue weighted by Crippen LogP contribution is 2.27. The summed E-state index contributed by atoms with van der Waals surface area (Å²) in [7, 11) is 0. The lowest BCUT2D eigenvalue weighted by Crippen LogP contribution is -2.35. The van der Waals surface area contributed by atoms with Crippen LogP contribution in [-0.2, 0) is 0 Å². The molecule has 1 aliphatic rings. The van der Waals surface area contributed by atoms with Crippen molar-refractivity contribution >= 4 is 28.8 Å². The lowest BCUT2D eigenvalue weighted by molar-refractivity contribution is 0.0689. The number of aromatic nitrogens is 2. The lowest BCUT2D eigenvalue weighted by Gasteiger charge is -2.26. The Kier molecular flexibility index (Phi) is 4.60. The van der Waals surface area contributed by atoms with Crippen molar-refractivity contribution in [3.63, 3.8) is 0 Å². The molecule has 27 heavy (non-hydrogen) atoms. The van der Waals surface area contributed by atoms with E-state index in [2.05, 4.69) is 17.2 Å². The molecule has 7 heteroatoms. The van der Waals surface area contributed by atoms with E-state index in [0.717, 1.165) is 6.42 Å². The third-order valence-corrected chi connectivity index (χ3v) is 5.43. The van der Waals surface area contributed by atoms with Crippen molar-refractivity contribution in [1.29, 1.82) is 0 Å². The van der Waals surface area contributed by atoms with Gasteiger partial charge in [-0.25, -0.2) is 9.48 Å². The van der Waals surface area contributed by atoms with E-state index in [1.165, 1.54) is 21.2 Å². The maximum Gasteiger partial charge on any atom is 0.356 e. The molecule has 1 amide bonds. The van der Waals surface area contributed by atoms with Gasteiger partial charge in [-0.05, 0) is 35.6 Å². The molecule has 0 aliphatic carbocycles.